The normalized spacial score (nSPS) is 19.6. The number of carbonyl (C=O) groups excluding carboxylic acids is 1. The Hall–Kier alpha value is -3.01. The molecule has 0 spiro atoms. The number of hydrogen-bond acceptors (Lipinski definition) is 6. The predicted molar refractivity (Wildman–Crippen MR) is 139 cm³/mol. The monoisotopic (exact) mass is 508 g/mol. The highest BCUT2D eigenvalue weighted by atomic mass is 32.2. The highest BCUT2D eigenvalue weighted by Gasteiger charge is 2.29. The van der Waals surface area contributed by atoms with Crippen molar-refractivity contribution in [1.29, 1.82) is 0 Å². The zero-order valence-electron chi connectivity index (χ0n) is 20.5. The third-order valence-corrected chi connectivity index (χ3v) is 8.45. The summed E-state index contributed by atoms with van der Waals surface area (Å²) in [4.78, 5) is 21.7. The van der Waals surface area contributed by atoms with E-state index < -0.39 is 10.0 Å². The summed E-state index contributed by atoms with van der Waals surface area (Å²) in [7, 11) is -3.85. The lowest BCUT2D eigenvalue weighted by Gasteiger charge is -2.40. The van der Waals surface area contributed by atoms with E-state index in [4.69, 9.17) is 4.74 Å². The van der Waals surface area contributed by atoms with Gasteiger partial charge in [0.1, 0.15) is 4.90 Å². The van der Waals surface area contributed by atoms with Crippen molar-refractivity contribution in [3.05, 3.63) is 66.4 Å². The van der Waals surface area contributed by atoms with Crippen LogP contribution in [0.15, 0.2) is 65.7 Å². The number of fused-ring (bicyclic) bond motifs is 1. The van der Waals surface area contributed by atoms with Crippen LogP contribution in [0.5, 0.6) is 0 Å². The topological polar surface area (TPSA) is 91.8 Å². The number of sulfonamides is 1. The second-order valence-corrected chi connectivity index (χ2v) is 11.3. The number of para-hydroxylation sites is 1. The summed E-state index contributed by atoms with van der Waals surface area (Å²) in [5.74, 6) is -0.0495. The minimum atomic E-state index is -3.85. The summed E-state index contributed by atoms with van der Waals surface area (Å²) in [5, 5.41) is 0.751. The molecule has 1 aliphatic carbocycles. The van der Waals surface area contributed by atoms with Crippen molar-refractivity contribution >= 4 is 32.5 Å². The van der Waals surface area contributed by atoms with Gasteiger partial charge in [-0.05, 0) is 56.2 Å². The van der Waals surface area contributed by atoms with Crippen molar-refractivity contribution in [1.82, 2.24) is 14.8 Å². The number of anilines is 1. The highest BCUT2D eigenvalue weighted by molar-refractivity contribution is 7.93. The van der Waals surface area contributed by atoms with Crippen LogP contribution in [0.25, 0.3) is 10.9 Å². The van der Waals surface area contributed by atoms with Crippen molar-refractivity contribution in [3.8, 4) is 0 Å². The molecule has 1 N–H and O–H groups in total. The predicted octanol–water partition coefficient (Wildman–Crippen LogP) is 4.10. The highest BCUT2D eigenvalue weighted by Crippen LogP contribution is 2.24. The Kier molecular flexibility index (Phi) is 7.22. The number of benzene rings is 2. The van der Waals surface area contributed by atoms with E-state index in [2.05, 4.69) is 21.5 Å². The molecule has 1 atom stereocenters. The second-order valence-electron chi connectivity index (χ2n) is 9.64. The Morgan fingerprint density at radius 2 is 1.81 bits per heavy atom. The fourth-order valence-electron chi connectivity index (χ4n) is 5.07. The zero-order valence-corrected chi connectivity index (χ0v) is 21.3. The molecule has 0 bridgehead atoms. The maximum atomic E-state index is 13.2. The standard InChI is InChI=1S/C27H32N4O4S/c1-20-18-30(19-35-24-8-2-3-9-24)16-17-31(20)27(32)22-11-13-23(14-12-22)29-36(33,34)25-10-4-6-21-7-5-15-28-26(21)25/h4-7,10-15,20,24,29H,2-3,8-9,16-19H2,1H3. The van der Waals surface area contributed by atoms with E-state index in [-0.39, 0.29) is 16.8 Å². The van der Waals surface area contributed by atoms with Gasteiger partial charge in [0.25, 0.3) is 15.9 Å². The molecular weight excluding hydrogens is 476 g/mol. The lowest BCUT2D eigenvalue weighted by atomic mass is 10.1. The molecule has 1 aliphatic heterocycles. The van der Waals surface area contributed by atoms with E-state index in [0.717, 1.165) is 31.3 Å². The van der Waals surface area contributed by atoms with E-state index >= 15 is 0 Å². The maximum Gasteiger partial charge on any atom is 0.264 e. The Labute approximate surface area is 212 Å². The molecular formula is C27H32N4O4S. The summed E-state index contributed by atoms with van der Waals surface area (Å²) in [6.45, 7) is 4.87. The number of ether oxygens (including phenoxy) is 1. The van der Waals surface area contributed by atoms with Crippen molar-refractivity contribution in [2.45, 2.75) is 49.6 Å². The summed E-state index contributed by atoms with van der Waals surface area (Å²) in [6.07, 6.45) is 6.77. The van der Waals surface area contributed by atoms with Crippen LogP contribution in [0, 0.1) is 0 Å². The SMILES string of the molecule is CC1CN(COC2CCCC2)CCN1C(=O)c1ccc(NS(=O)(=O)c2cccc3cccnc23)cc1. The molecule has 1 aromatic heterocycles. The van der Waals surface area contributed by atoms with E-state index in [1.165, 1.54) is 18.9 Å². The molecule has 1 unspecified atom stereocenters. The van der Waals surface area contributed by atoms with Gasteiger partial charge in [-0.25, -0.2) is 8.42 Å². The van der Waals surface area contributed by atoms with Crippen LogP contribution in [0.1, 0.15) is 43.0 Å². The van der Waals surface area contributed by atoms with Crippen molar-refractivity contribution in [2.75, 3.05) is 31.1 Å². The average molecular weight is 509 g/mol. The minimum absolute atomic E-state index is 0.0495. The van der Waals surface area contributed by atoms with E-state index in [1.54, 1.807) is 42.6 Å². The van der Waals surface area contributed by atoms with E-state index in [9.17, 15) is 13.2 Å². The third kappa shape index (κ3) is 5.38. The van der Waals surface area contributed by atoms with E-state index in [0.29, 0.717) is 36.1 Å². The first-order chi connectivity index (χ1) is 17.4. The number of amides is 1. The summed E-state index contributed by atoms with van der Waals surface area (Å²) in [5.41, 5.74) is 1.34. The van der Waals surface area contributed by atoms with Gasteiger partial charge < -0.3 is 9.64 Å². The Morgan fingerprint density at radius 3 is 2.56 bits per heavy atom. The molecule has 2 heterocycles. The first kappa shape index (κ1) is 24.7. The molecule has 8 nitrogen and oxygen atoms in total. The summed E-state index contributed by atoms with van der Waals surface area (Å²) in [6, 6.07) is 15.3. The number of piperazine rings is 1. The van der Waals surface area contributed by atoms with Gasteiger partial charge in [0.05, 0.1) is 18.4 Å². The molecule has 1 saturated carbocycles. The van der Waals surface area contributed by atoms with Gasteiger partial charge >= 0.3 is 0 Å². The molecule has 5 rings (SSSR count). The van der Waals surface area contributed by atoms with Gasteiger partial charge in [-0.3, -0.25) is 19.4 Å². The van der Waals surface area contributed by atoms with Crippen LogP contribution in [-0.4, -0.2) is 67.6 Å². The quantitative estimate of drug-likeness (QED) is 0.517. The molecule has 0 radical (unpaired) electrons. The Bertz CT molecular complexity index is 1320. The van der Waals surface area contributed by atoms with Crippen molar-refractivity contribution in [3.63, 3.8) is 0 Å². The summed E-state index contributed by atoms with van der Waals surface area (Å²) < 4.78 is 34.8. The van der Waals surface area contributed by atoms with Gasteiger partial charge in [0.2, 0.25) is 0 Å². The molecule has 2 aromatic carbocycles. The lowest BCUT2D eigenvalue weighted by molar-refractivity contribution is -0.0427. The van der Waals surface area contributed by atoms with Crippen LogP contribution in [0.3, 0.4) is 0 Å². The number of pyridine rings is 1. The average Bonchev–Trinajstić information content (AvgIpc) is 3.41. The van der Waals surface area contributed by atoms with Gasteiger partial charge in [0.15, 0.2) is 0 Å². The fourth-order valence-corrected chi connectivity index (χ4v) is 6.31. The maximum absolute atomic E-state index is 13.2. The number of hydrogen-bond donors (Lipinski definition) is 1. The zero-order chi connectivity index (χ0) is 25.1. The Balaban J connectivity index is 1.21. The van der Waals surface area contributed by atoms with Crippen LogP contribution in [0.2, 0.25) is 0 Å². The van der Waals surface area contributed by atoms with E-state index in [1.807, 2.05) is 17.0 Å². The largest absolute Gasteiger partial charge is 0.363 e. The van der Waals surface area contributed by atoms with Gasteiger partial charge in [-0.2, -0.15) is 0 Å². The molecule has 9 heteroatoms. The molecule has 190 valence electrons. The van der Waals surface area contributed by atoms with Crippen LogP contribution < -0.4 is 4.72 Å². The minimum Gasteiger partial charge on any atom is -0.363 e. The fraction of sp³-hybridized carbons (Fsp3) is 0.407. The van der Waals surface area contributed by atoms with Crippen molar-refractivity contribution < 1.29 is 17.9 Å². The Morgan fingerprint density at radius 1 is 1.06 bits per heavy atom. The second kappa shape index (κ2) is 10.5. The lowest BCUT2D eigenvalue weighted by Crippen LogP contribution is -2.54. The number of carbonyl (C=O) groups is 1. The molecule has 1 amide bonds. The number of rotatable bonds is 7. The first-order valence-electron chi connectivity index (χ1n) is 12.5. The first-order valence-corrected chi connectivity index (χ1v) is 14.0. The van der Waals surface area contributed by atoms with Crippen LogP contribution >= 0.6 is 0 Å². The number of aromatic nitrogens is 1. The molecule has 3 aromatic rings. The summed E-state index contributed by atoms with van der Waals surface area (Å²) >= 11 is 0. The smallest absolute Gasteiger partial charge is 0.264 e. The molecule has 1 saturated heterocycles. The van der Waals surface area contributed by atoms with Crippen molar-refractivity contribution in [2.24, 2.45) is 0 Å². The van der Waals surface area contributed by atoms with Crippen LogP contribution in [-0.2, 0) is 14.8 Å². The molecule has 36 heavy (non-hydrogen) atoms. The number of nitrogens with zero attached hydrogens (tertiary/aromatic N) is 3. The third-order valence-electron chi connectivity index (χ3n) is 7.04. The van der Waals surface area contributed by atoms with Crippen LogP contribution in [0.4, 0.5) is 5.69 Å². The van der Waals surface area contributed by atoms with Gasteiger partial charge in [-0.15, -0.1) is 0 Å². The molecule has 2 aliphatic rings. The molecule has 2 fully saturated rings. The number of nitrogens with one attached hydrogen (secondary N) is 1. The van der Waals surface area contributed by atoms with Gasteiger partial charge in [-0.1, -0.05) is 31.0 Å². The van der Waals surface area contributed by atoms with Gasteiger partial charge in [0, 0.05) is 48.5 Å².